The second-order valence-corrected chi connectivity index (χ2v) is 3.04. The lowest BCUT2D eigenvalue weighted by molar-refractivity contribution is 0.625. The molecule has 1 aromatic carbocycles. The van der Waals surface area contributed by atoms with E-state index in [4.69, 9.17) is 0 Å². The molecule has 0 spiro atoms. The summed E-state index contributed by atoms with van der Waals surface area (Å²) in [6.07, 6.45) is 2.84. The highest BCUT2D eigenvalue weighted by atomic mass is 19.1. The number of hydrogen-bond donors (Lipinski definition) is 0. The third-order valence-corrected chi connectivity index (χ3v) is 1.87. The van der Waals surface area contributed by atoms with Gasteiger partial charge in [-0.2, -0.15) is 0 Å². The number of allylic oxidation sites excluding steroid dienone is 1. The molecule has 64 valence electrons. The van der Waals surface area contributed by atoms with Gasteiger partial charge in [0.05, 0.1) is 0 Å². The maximum absolute atomic E-state index is 12.5. The summed E-state index contributed by atoms with van der Waals surface area (Å²) in [6.45, 7) is 5.79. The Bertz CT molecular complexity index is 248. The first kappa shape index (κ1) is 8.98. The van der Waals surface area contributed by atoms with Crippen LogP contribution in [0.3, 0.4) is 0 Å². The molecule has 0 heterocycles. The van der Waals surface area contributed by atoms with Crippen molar-refractivity contribution < 1.29 is 4.39 Å². The normalized spacial score (nSPS) is 12.5. The molecule has 0 fully saturated rings. The fourth-order valence-corrected chi connectivity index (χ4v) is 1.08. The molecule has 0 saturated carbocycles. The van der Waals surface area contributed by atoms with Crippen LogP contribution < -0.4 is 0 Å². The molecular weight excluding hydrogens is 151 g/mol. The molecule has 1 heteroatoms. The third kappa shape index (κ3) is 2.50. The number of benzene rings is 1. The van der Waals surface area contributed by atoms with E-state index in [0.717, 1.165) is 12.0 Å². The maximum atomic E-state index is 12.5. The molecule has 0 amide bonds. The van der Waals surface area contributed by atoms with Gasteiger partial charge in [0.2, 0.25) is 0 Å². The SMILES string of the molecule is C=CC(C)Cc1ccc(F)cc1. The van der Waals surface area contributed by atoms with Gasteiger partial charge >= 0.3 is 0 Å². The fourth-order valence-electron chi connectivity index (χ4n) is 1.08. The largest absolute Gasteiger partial charge is 0.207 e. The Kier molecular flexibility index (Phi) is 3.03. The van der Waals surface area contributed by atoms with E-state index in [9.17, 15) is 4.39 Å². The van der Waals surface area contributed by atoms with E-state index in [0.29, 0.717) is 5.92 Å². The van der Waals surface area contributed by atoms with Crippen molar-refractivity contribution in [2.24, 2.45) is 5.92 Å². The molecule has 1 atom stereocenters. The maximum Gasteiger partial charge on any atom is 0.123 e. The van der Waals surface area contributed by atoms with Crippen molar-refractivity contribution in [2.75, 3.05) is 0 Å². The Labute approximate surface area is 72.7 Å². The van der Waals surface area contributed by atoms with E-state index in [1.54, 1.807) is 0 Å². The van der Waals surface area contributed by atoms with Gasteiger partial charge in [-0.1, -0.05) is 25.1 Å². The standard InChI is InChI=1S/C11H13F/c1-3-9(2)8-10-4-6-11(12)7-5-10/h3-7,9H,1,8H2,2H3. The lowest BCUT2D eigenvalue weighted by Gasteiger charge is -2.04. The summed E-state index contributed by atoms with van der Waals surface area (Å²) in [4.78, 5) is 0. The van der Waals surface area contributed by atoms with Crippen LogP contribution in [-0.2, 0) is 6.42 Å². The van der Waals surface area contributed by atoms with Crippen LogP contribution in [0.25, 0.3) is 0 Å². The minimum absolute atomic E-state index is 0.176. The molecule has 0 aliphatic carbocycles. The van der Waals surface area contributed by atoms with E-state index < -0.39 is 0 Å². The lowest BCUT2D eigenvalue weighted by atomic mass is 10.0. The van der Waals surface area contributed by atoms with Gasteiger partial charge in [0.1, 0.15) is 5.82 Å². The minimum atomic E-state index is -0.176. The zero-order valence-corrected chi connectivity index (χ0v) is 7.26. The zero-order chi connectivity index (χ0) is 8.97. The molecule has 0 bridgehead atoms. The lowest BCUT2D eigenvalue weighted by Crippen LogP contribution is -1.94. The summed E-state index contributed by atoms with van der Waals surface area (Å²) in [5.41, 5.74) is 1.16. The Morgan fingerprint density at radius 3 is 2.50 bits per heavy atom. The summed E-state index contributed by atoms with van der Waals surface area (Å²) in [5, 5.41) is 0. The first-order chi connectivity index (χ1) is 5.72. The first-order valence-corrected chi connectivity index (χ1v) is 4.09. The van der Waals surface area contributed by atoms with Gasteiger partial charge < -0.3 is 0 Å². The van der Waals surface area contributed by atoms with Crippen molar-refractivity contribution in [1.82, 2.24) is 0 Å². The summed E-state index contributed by atoms with van der Waals surface area (Å²) >= 11 is 0. The third-order valence-electron chi connectivity index (χ3n) is 1.87. The molecule has 0 N–H and O–H groups in total. The van der Waals surface area contributed by atoms with Crippen LogP contribution in [0, 0.1) is 11.7 Å². The van der Waals surface area contributed by atoms with Gasteiger partial charge in [0, 0.05) is 0 Å². The van der Waals surface area contributed by atoms with Crippen LogP contribution in [0.15, 0.2) is 36.9 Å². The predicted octanol–water partition coefficient (Wildman–Crippen LogP) is 3.19. The zero-order valence-electron chi connectivity index (χ0n) is 7.26. The van der Waals surface area contributed by atoms with E-state index in [-0.39, 0.29) is 5.82 Å². The van der Waals surface area contributed by atoms with Gasteiger partial charge in [-0.3, -0.25) is 0 Å². The van der Waals surface area contributed by atoms with Gasteiger partial charge in [-0.05, 0) is 30.0 Å². The molecule has 1 unspecified atom stereocenters. The molecule has 1 rings (SSSR count). The van der Waals surface area contributed by atoms with Gasteiger partial charge in [0.15, 0.2) is 0 Å². The average molecular weight is 164 g/mol. The number of hydrogen-bond acceptors (Lipinski definition) is 0. The van der Waals surface area contributed by atoms with Crippen molar-refractivity contribution in [3.05, 3.63) is 48.3 Å². The Morgan fingerprint density at radius 2 is 2.00 bits per heavy atom. The molecule has 0 aliphatic heterocycles. The van der Waals surface area contributed by atoms with Crippen LogP contribution >= 0.6 is 0 Å². The molecule has 0 saturated heterocycles. The Balaban J connectivity index is 2.64. The van der Waals surface area contributed by atoms with Crippen LogP contribution in [0.1, 0.15) is 12.5 Å². The smallest absolute Gasteiger partial charge is 0.123 e. The van der Waals surface area contributed by atoms with Gasteiger partial charge in [-0.25, -0.2) is 4.39 Å². The van der Waals surface area contributed by atoms with Crippen molar-refractivity contribution in [1.29, 1.82) is 0 Å². The van der Waals surface area contributed by atoms with E-state index >= 15 is 0 Å². The van der Waals surface area contributed by atoms with Crippen molar-refractivity contribution in [3.63, 3.8) is 0 Å². The minimum Gasteiger partial charge on any atom is -0.207 e. The molecule has 0 nitrogen and oxygen atoms in total. The predicted molar refractivity (Wildman–Crippen MR) is 49.5 cm³/mol. The number of halogens is 1. The average Bonchev–Trinajstić information content (AvgIpc) is 2.09. The molecule has 12 heavy (non-hydrogen) atoms. The van der Waals surface area contributed by atoms with Gasteiger partial charge in [-0.15, -0.1) is 6.58 Å². The molecule has 0 aromatic heterocycles. The van der Waals surface area contributed by atoms with E-state index in [1.807, 2.05) is 18.2 Å². The van der Waals surface area contributed by atoms with E-state index in [1.165, 1.54) is 12.1 Å². The molecule has 1 aromatic rings. The molecule has 0 radical (unpaired) electrons. The van der Waals surface area contributed by atoms with E-state index in [2.05, 4.69) is 13.5 Å². The second-order valence-electron chi connectivity index (χ2n) is 3.04. The highest BCUT2D eigenvalue weighted by Crippen LogP contribution is 2.09. The fraction of sp³-hybridized carbons (Fsp3) is 0.273. The topological polar surface area (TPSA) is 0 Å². The second kappa shape index (κ2) is 4.05. The Hall–Kier alpha value is -1.11. The Morgan fingerprint density at radius 1 is 1.42 bits per heavy atom. The summed E-state index contributed by atoms with van der Waals surface area (Å²) < 4.78 is 12.5. The van der Waals surface area contributed by atoms with Crippen molar-refractivity contribution in [2.45, 2.75) is 13.3 Å². The van der Waals surface area contributed by atoms with Gasteiger partial charge in [0.25, 0.3) is 0 Å². The monoisotopic (exact) mass is 164 g/mol. The van der Waals surface area contributed by atoms with Crippen LogP contribution in [0.5, 0.6) is 0 Å². The summed E-state index contributed by atoms with van der Waals surface area (Å²) in [6, 6.07) is 6.61. The summed E-state index contributed by atoms with van der Waals surface area (Å²) in [7, 11) is 0. The highest BCUT2D eigenvalue weighted by molar-refractivity contribution is 5.17. The van der Waals surface area contributed by atoms with Crippen molar-refractivity contribution in [3.8, 4) is 0 Å². The first-order valence-electron chi connectivity index (χ1n) is 4.09. The quantitative estimate of drug-likeness (QED) is 0.602. The molecule has 0 aliphatic rings. The molecular formula is C11H13F. The van der Waals surface area contributed by atoms with Crippen LogP contribution in [0.4, 0.5) is 4.39 Å². The number of rotatable bonds is 3. The summed E-state index contributed by atoms with van der Waals surface area (Å²) in [5.74, 6) is 0.278. The van der Waals surface area contributed by atoms with Crippen LogP contribution in [-0.4, -0.2) is 0 Å². The van der Waals surface area contributed by atoms with Crippen LogP contribution in [0.2, 0.25) is 0 Å². The highest BCUT2D eigenvalue weighted by Gasteiger charge is 1.98. The van der Waals surface area contributed by atoms with Crippen molar-refractivity contribution >= 4 is 0 Å².